The number of nitro benzene ring substituents is 1. The maximum absolute atomic E-state index is 13.1. The van der Waals surface area contributed by atoms with E-state index in [-0.39, 0.29) is 41.7 Å². The molecule has 2 aromatic carbocycles. The van der Waals surface area contributed by atoms with Gasteiger partial charge in [-0.1, -0.05) is 6.07 Å². The van der Waals surface area contributed by atoms with Crippen molar-refractivity contribution in [3.05, 3.63) is 70.0 Å². The van der Waals surface area contributed by atoms with Crippen molar-refractivity contribution in [2.24, 2.45) is 0 Å². The lowest BCUT2D eigenvalue weighted by molar-refractivity contribution is -0.384. The largest absolute Gasteiger partial charge is 0.337 e. The van der Waals surface area contributed by atoms with E-state index in [0.717, 1.165) is 12.1 Å². The minimum absolute atomic E-state index is 0.00707. The Morgan fingerprint density at radius 3 is 2.43 bits per heavy atom. The van der Waals surface area contributed by atoms with Crippen LogP contribution in [0, 0.1) is 15.9 Å². The van der Waals surface area contributed by atoms with E-state index in [1.807, 2.05) is 0 Å². The minimum atomic E-state index is -3.79. The van der Waals surface area contributed by atoms with Crippen molar-refractivity contribution in [3.8, 4) is 0 Å². The predicted molar refractivity (Wildman–Crippen MR) is 98.8 cm³/mol. The van der Waals surface area contributed by atoms with Gasteiger partial charge in [0, 0.05) is 43.9 Å². The van der Waals surface area contributed by atoms with Crippen LogP contribution in [-0.2, 0) is 10.0 Å². The molecule has 10 heteroatoms. The number of benzene rings is 2. The van der Waals surface area contributed by atoms with Crippen LogP contribution in [0.4, 0.5) is 10.1 Å². The highest BCUT2D eigenvalue weighted by atomic mass is 32.2. The Morgan fingerprint density at radius 1 is 1.04 bits per heavy atom. The summed E-state index contributed by atoms with van der Waals surface area (Å²) in [5.41, 5.74) is 0.00484. The van der Waals surface area contributed by atoms with Crippen molar-refractivity contribution < 1.29 is 22.5 Å². The van der Waals surface area contributed by atoms with E-state index in [1.165, 1.54) is 45.6 Å². The molecular weight excluding hydrogens is 389 g/mol. The zero-order valence-electron chi connectivity index (χ0n) is 14.8. The Balaban J connectivity index is 1.74. The van der Waals surface area contributed by atoms with Crippen molar-refractivity contribution in [3.63, 3.8) is 0 Å². The molecule has 1 heterocycles. The first-order valence-electron chi connectivity index (χ1n) is 8.58. The molecule has 2 aromatic rings. The number of carbonyl (C=O) groups is 1. The van der Waals surface area contributed by atoms with Gasteiger partial charge >= 0.3 is 0 Å². The van der Waals surface area contributed by atoms with Gasteiger partial charge in [-0.25, -0.2) is 12.8 Å². The second kappa shape index (κ2) is 8.03. The van der Waals surface area contributed by atoms with Crippen LogP contribution in [0.15, 0.2) is 53.4 Å². The molecule has 1 saturated heterocycles. The molecule has 0 radical (unpaired) electrons. The molecular formula is C18H18FN3O5S. The van der Waals surface area contributed by atoms with Crippen LogP contribution in [0.5, 0.6) is 0 Å². The molecule has 1 aliphatic heterocycles. The van der Waals surface area contributed by atoms with Gasteiger partial charge in [-0.05, 0) is 36.8 Å². The number of nitro groups is 1. The Labute approximate surface area is 161 Å². The Kier molecular flexibility index (Phi) is 5.71. The monoisotopic (exact) mass is 407 g/mol. The molecule has 0 saturated carbocycles. The lowest BCUT2D eigenvalue weighted by atomic mass is 10.1. The average molecular weight is 407 g/mol. The van der Waals surface area contributed by atoms with Gasteiger partial charge in [-0.2, -0.15) is 4.31 Å². The highest BCUT2D eigenvalue weighted by Gasteiger charge is 2.29. The van der Waals surface area contributed by atoms with E-state index in [9.17, 15) is 27.7 Å². The van der Waals surface area contributed by atoms with E-state index in [0.29, 0.717) is 13.0 Å². The van der Waals surface area contributed by atoms with E-state index in [4.69, 9.17) is 0 Å². The summed E-state index contributed by atoms with van der Waals surface area (Å²) in [6, 6.07) is 10.0. The molecule has 1 aliphatic rings. The van der Waals surface area contributed by atoms with Gasteiger partial charge in [0.1, 0.15) is 5.82 Å². The third-order valence-corrected chi connectivity index (χ3v) is 6.41. The van der Waals surface area contributed by atoms with Crippen molar-refractivity contribution in [1.82, 2.24) is 9.21 Å². The molecule has 0 bridgehead atoms. The van der Waals surface area contributed by atoms with E-state index in [2.05, 4.69) is 0 Å². The molecule has 0 spiro atoms. The number of sulfonamides is 1. The topological polar surface area (TPSA) is 101 Å². The molecule has 0 N–H and O–H groups in total. The van der Waals surface area contributed by atoms with Crippen LogP contribution in [0.2, 0.25) is 0 Å². The first-order chi connectivity index (χ1) is 13.3. The van der Waals surface area contributed by atoms with Gasteiger partial charge in [0.2, 0.25) is 10.0 Å². The summed E-state index contributed by atoms with van der Waals surface area (Å²) in [6.07, 6.45) is 0.418. The molecule has 1 fully saturated rings. The molecule has 0 unspecified atom stereocenters. The third-order valence-electron chi connectivity index (χ3n) is 4.50. The fourth-order valence-electron chi connectivity index (χ4n) is 3.03. The van der Waals surface area contributed by atoms with Gasteiger partial charge in [0.15, 0.2) is 0 Å². The standard InChI is InChI=1S/C18H18FN3O5S/c19-15-5-7-17(8-6-15)28(26,27)21-10-2-9-20(11-12-21)18(23)14-3-1-4-16(13-14)22(24)25/h1,3-8,13H,2,9-12H2. The van der Waals surface area contributed by atoms with Crippen LogP contribution < -0.4 is 0 Å². The Morgan fingerprint density at radius 2 is 1.75 bits per heavy atom. The maximum Gasteiger partial charge on any atom is 0.270 e. The lowest BCUT2D eigenvalue weighted by Gasteiger charge is -2.22. The number of rotatable bonds is 4. The van der Waals surface area contributed by atoms with Gasteiger partial charge in [0.25, 0.3) is 11.6 Å². The van der Waals surface area contributed by atoms with Crippen LogP contribution in [0.25, 0.3) is 0 Å². The third kappa shape index (κ3) is 4.18. The number of hydrogen-bond acceptors (Lipinski definition) is 5. The first kappa shape index (κ1) is 19.9. The highest BCUT2D eigenvalue weighted by Crippen LogP contribution is 2.20. The summed E-state index contributed by atoms with van der Waals surface area (Å²) in [6.45, 7) is 0.789. The summed E-state index contributed by atoms with van der Waals surface area (Å²) in [7, 11) is -3.79. The molecule has 28 heavy (non-hydrogen) atoms. The Hall–Kier alpha value is -2.85. The van der Waals surface area contributed by atoms with Gasteiger partial charge in [-0.3, -0.25) is 14.9 Å². The predicted octanol–water partition coefficient (Wildman–Crippen LogP) is 2.27. The number of carbonyl (C=O) groups excluding carboxylic acids is 1. The van der Waals surface area contributed by atoms with Crippen LogP contribution in [-0.4, -0.2) is 54.6 Å². The fourth-order valence-corrected chi connectivity index (χ4v) is 4.50. The van der Waals surface area contributed by atoms with Crippen LogP contribution in [0.1, 0.15) is 16.8 Å². The summed E-state index contributed by atoms with van der Waals surface area (Å²) in [4.78, 5) is 24.5. The molecule has 148 valence electrons. The van der Waals surface area contributed by atoms with Gasteiger partial charge in [-0.15, -0.1) is 0 Å². The molecule has 1 amide bonds. The smallest absolute Gasteiger partial charge is 0.270 e. The number of non-ortho nitro benzene ring substituents is 1. The molecule has 8 nitrogen and oxygen atoms in total. The van der Waals surface area contributed by atoms with Crippen LogP contribution in [0.3, 0.4) is 0 Å². The Bertz CT molecular complexity index is 995. The second-order valence-electron chi connectivity index (χ2n) is 6.31. The number of amides is 1. The summed E-state index contributed by atoms with van der Waals surface area (Å²) in [5, 5.41) is 10.9. The minimum Gasteiger partial charge on any atom is -0.337 e. The number of halogens is 1. The molecule has 0 aliphatic carbocycles. The molecule has 0 aromatic heterocycles. The zero-order chi connectivity index (χ0) is 20.3. The normalized spacial score (nSPS) is 15.8. The maximum atomic E-state index is 13.1. The fraction of sp³-hybridized carbons (Fsp3) is 0.278. The number of nitrogens with zero attached hydrogens (tertiary/aromatic N) is 3. The summed E-state index contributed by atoms with van der Waals surface area (Å²) in [5.74, 6) is -0.909. The van der Waals surface area contributed by atoms with Crippen molar-refractivity contribution in [2.45, 2.75) is 11.3 Å². The van der Waals surface area contributed by atoms with Gasteiger partial charge in [0.05, 0.1) is 9.82 Å². The highest BCUT2D eigenvalue weighted by molar-refractivity contribution is 7.89. The SMILES string of the molecule is O=C(c1cccc([N+](=O)[O-])c1)N1CCCN(S(=O)(=O)c2ccc(F)cc2)CC1. The van der Waals surface area contributed by atoms with Crippen LogP contribution >= 0.6 is 0 Å². The first-order valence-corrected chi connectivity index (χ1v) is 10.0. The average Bonchev–Trinajstić information content (AvgIpc) is 2.94. The molecule has 0 atom stereocenters. The molecule has 3 rings (SSSR count). The summed E-state index contributed by atoms with van der Waals surface area (Å²) < 4.78 is 39.8. The second-order valence-corrected chi connectivity index (χ2v) is 8.25. The van der Waals surface area contributed by atoms with Gasteiger partial charge < -0.3 is 4.90 Å². The van der Waals surface area contributed by atoms with E-state index in [1.54, 1.807) is 0 Å². The van der Waals surface area contributed by atoms with Crippen molar-refractivity contribution in [1.29, 1.82) is 0 Å². The zero-order valence-corrected chi connectivity index (χ0v) is 15.6. The van der Waals surface area contributed by atoms with Crippen molar-refractivity contribution in [2.75, 3.05) is 26.2 Å². The quantitative estimate of drug-likeness (QED) is 0.572. The number of hydrogen-bond donors (Lipinski definition) is 0. The summed E-state index contributed by atoms with van der Waals surface area (Å²) >= 11 is 0. The lowest BCUT2D eigenvalue weighted by Crippen LogP contribution is -2.37. The van der Waals surface area contributed by atoms with Crippen molar-refractivity contribution >= 4 is 21.6 Å². The van der Waals surface area contributed by atoms with E-state index >= 15 is 0 Å². The van der Waals surface area contributed by atoms with E-state index < -0.39 is 20.8 Å².